The summed E-state index contributed by atoms with van der Waals surface area (Å²) in [6.07, 6.45) is -0.384. The van der Waals surface area contributed by atoms with Gasteiger partial charge in [0.2, 0.25) is 0 Å². The first-order valence-corrected chi connectivity index (χ1v) is 9.11. The summed E-state index contributed by atoms with van der Waals surface area (Å²) in [6, 6.07) is 2.39. The van der Waals surface area contributed by atoms with Crippen LogP contribution in [-0.4, -0.2) is 52.1 Å². The van der Waals surface area contributed by atoms with E-state index in [2.05, 4.69) is 15.9 Å². The molecule has 144 valence electrons. The Bertz CT molecular complexity index is 708. The van der Waals surface area contributed by atoms with Crippen LogP contribution in [0.5, 0.6) is 0 Å². The maximum atomic E-state index is 14.3. The largest absolute Gasteiger partial charge is 0.444 e. The van der Waals surface area contributed by atoms with E-state index in [4.69, 9.17) is 4.74 Å². The zero-order chi connectivity index (χ0) is 19.6. The van der Waals surface area contributed by atoms with Gasteiger partial charge in [-0.3, -0.25) is 15.0 Å². The van der Waals surface area contributed by atoms with Crippen LogP contribution in [0.25, 0.3) is 0 Å². The number of carbonyl (C=O) groups is 1. The van der Waals surface area contributed by atoms with Crippen molar-refractivity contribution >= 4 is 27.7 Å². The Morgan fingerprint density at radius 1 is 1.42 bits per heavy atom. The number of amides is 1. The number of carbonyl (C=O) groups excluding carboxylic acids is 1. The monoisotopic (exact) mass is 431 g/mol. The third-order valence-electron chi connectivity index (χ3n) is 4.05. The van der Waals surface area contributed by atoms with Gasteiger partial charge in [0.1, 0.15) is 11.4 Å². The van der Waals surface area contributed by atoms with Crippen LogP contribution in [0.15, 0.2) is 16.6 Å². The lowest BCUT2D eigenvalue weighted by atomic mass is 10.1. The molecule has 0 spiro atoms. The first-order valence-electron chi connectivity index (χ1n) is 8.32. The quantitative estimate of drug-likeness (QED) is 0.534. The van der Waals surface area contributed by atoms with Crippen molar-refractivity contribution in [2.45, 2.75) is 45.9 Å². The summed E-state index contributed by atoms with van der Waals surface area (Å²) in [5, 5.41) is 11.2. The minimum absolute atomic E-state index is 0.0520. The van der Waals surface area contributed by atoms with Crippen LogP contribution < -0.4 is 0 Å². The Hall–Kier alpha value is -1.74. The predicted octanol–water partition coefficient (Wildman–Crippen LogP) is 3.94. The number of hydrogen-bond donors (Lipinski definition) is 0. The zero-order valence-corrected chi connectivity index (χ0v) is 16.9. The second kappa shape index (κ2) is 7.87. The van der Waals surface area contributed by atoms with E-state index < -0.39 is 16.3 Å². The summed E-state index contributed by atoms with van der Waals surface area (Å²) >= 11 is 3.08. The molecule has 0 bridgehead atoms. The molecule has 1 aromatic rings. The van der Waals surface area contributed by atoms with Crippen molar-refractivity contribution in [2.24, 2.45) is 0 Å². The van der Waals surface area contributed by atoms with Crippen LogP contribution in [0.4, 0.5) is 14.9 Å². The zero-order valence-electron chi connectivity index (χ0n) is 15.3. The molecule has 1 heterocycles. The number of ether oxygens (including phenoxy) is 1. The molecule has 0 unspecified atom stereocenters. The molecule has 0 saturated carbocycles. The van der Waals surface area contributed by atoms with Crippen molar-refractivity contribution in [3.63, 3.8) is 0 Å². The van der Waals surface area contributed by atoms with E-state index in [1.54, 1.807) is 25.7 Å². The van der Waals surface area contributed by atoms with Crippen molar-refractivity contribution in [3.8, 4) is 0 Å². The van der Waals surface area contributed by atoms with E-state index in [1.165, 1.54) is 12.1 Å². The van der Waals surface area contributed by atoms with Crippen molar-refractivity contribution in [1.29, 1.82) is 0 Å². The molecule has 1 amide bonds. The number of piperazine rings is 1. The molecule has 0 N–H and O–H groups in total. The second-order valence-corrected chi connectivity index (χ2v) is 8.32. The van der Waals surface area contributed by atoms with E-state index in [9.17, 15) is 19.3 Å². The average molecular weight is 432 g/mol. The van der Waals surface area contributed by atoms with Crippen LogP contribution >= 0.6 is 15.9 Å². The molecule has 1 atom stereocenters. The smallest absolute Gasteiger partial charge is 0.410 e. The Morgan fingerprint density at radius 3 is 2.62 bits per heavy atom. The maximum absolute atomic E-state index is 14.3. The molecule has 0 radical (unpaired) electrons. The van der Waals surface area contributed by atoms with Gasteiger partial charge in [-0.25, -0.2) is 9.18 Å². The molecule has 1 aliphatic rings. The van der Waals surface area contributed by atoms with Gasteiger partial charge in [-0.15, -0.1) is 0 Å². The highest BCUT2D eigenvalue weighted by Gasteiger charge is 2.32. The molecule has 1 fully saturated rings. The Labute approximate surface area is 160 Å². The predicted molar refractivity (Wildman–Crippen MR) is 98.4 cm³/mol. The fraction of sp³-hybridized carbons (Fsp3) is 0.588. The van der Waals surface area contributed by atoms with Crippen molar-refractivity contribution < 1.29 is 18.8 Å². The molecule has 9 heteroatoms. The molecule has 1 aliphatic heterocycles. The number of nitro benzene ring substituents is 1. The molecule has 7 nitrogen and oxygen atoms in total. The minimum Gasteiger partial charge on any atom is -0.444 e. The van der Waals surface area contributed by atoms with Gasteiger partial charge in [-0.1, -0.05) is 15.9 Å². The van der Waals surface area contributed by atoms with Gasteiger partial charge >= 0.3 is 6.09 Å². The van der Waals surface area contributed by atoms with Crippen LogP contribution in [0.3, 0.4) is 0 Å². The van der Waals surface area contributed by atoms with Crippen molar-refractivity contribution in [3.05, 3.63) is 38.1 Å². The lowest BCUT2D eigenvalue weighted by Gasteiger charge is -2.40. The molecule has 26 heavy (non-hydrogen) atoms. The lowest BCUT2D eigenvalue weighted by molar-refractivity contribution is -0.386. The highest BCUT2D eigenvalue weighted by molar-refractivity contribution is 9.10. The molecule has 2 rings (SSSR count). The summed E-state index contributed by atoms with van der Waals surface area (Å²) in [7, 11) is 0. The first-order chi connectivity index (χ1) is 12.0. The van der Waals surface area contributed by atoms with E-state index >= 15 is 0 Å². The molecular weight excluding hydrogens is 409 g/mol. The van der Waals surface area contributed by atoms with E-state index in [0.717, 1.165) is 0 Å². The van der Waals surface area contributed by atoms with Crippen molar-refractivity contribution in [2.75, 3.05) is 19.6 Å². The van der Waals surface area contributed by atoms with Gasteiger partial charge in [0, 0.05) is 42.8 Å². The molecular formula is C17H23BrFN3O4. The molecule has 0 aromatic heterocycles. The number of hydrogen-bond acceptors (Lipinski definition) is 5. The fourth-order valence-corrected chi connectivity index (χ4v) is 3.32. The van der Waals surface area contributed by atoms with E-state index in [0.29, 0.717) is 24.1 Å². The van der Waals surface area contributed by atoms with Crippen molar-refractivity contribution in [1.82, 2.24) is 9.80 Å². The Kier molecular flexibility index (Phi) is 6.23. The highest BCUT2D eigenvalue weighted by Crippen LogP contribution is 2.28. The summed E-state index contributed by atoms with van der Waals surface area (Å²) in [5.41, 5.74) is -0.773. The maximum Gasteiger partial charge on any atom is 0.410 e. The third kappa shape index (κ3) is 5.14. The fourth-order valence-electron chi connectivity index (χ4n) is 2.90. The highest BCUT2D eigenvalue weighted by atomic mass is 79.9. The van der Waals surface area contributed by atoms with Gasteiger partial charge in [0.25, 0.3) is 5.69 Å². The minimum atomic E-state index is -0.617. The van der Waals surface area contributed by atoms with Gasteiger partial charge in [-0.05, 0) is 33.8 Å². The number of nitrogens with zero attached hydrogens (tertiary/aromatic N) is 3. The summed E-state index contributed by atoms with van der Waals surface area (Å²) in [6.45, 7) is 8.79. The lowest BCUT2D eigenvalue weighted by Crippen LogP contribution is -2.54. The SMILES string of the molecule is C[C@H]1CN(Cc2c(F)cc(Br)cc2[N+](=O)[O-])CCN1C(=O)OC(C)(C)C. The van der Waals surface area contributed by atoms with Gasteiger partial charge < -0.3 is 9.64 Å². The summed E-state index contributed by atoms with van der Waals surface area (Å²) in [4.78, 5) is 26.5. The number of halogens is 2. The molecule has 1 saturated heterocycles. The summed E-state index contributed by atoms with van der Waals surface area (Å²) < 4.78 is 20.0. The third-order valence-corrected chi connectivity index (χ3v) is 4.51. The van der Waals surface area contributed by atoms with Crippen LogP contribution in [0.1, 0.15) is 33.3 Å². The van der Waals surface area contributed by atoms with E-state index in [-0.39, 0.29) is 29.9 Å². The van der Waals surface area contributed by atoms with Crippen LogP contribution in [0, 0.1) is 15.9 Å². The van der Waals surface area contributed by atoms with Crippen LogP contribution in [-0.2, 0) is 11.3 Å². The summed E-state index contributed by atoms with van der Waals surface area (Å²) in [5.74, 6) is -0.617. The average Bonchev–Trinajstić information content (AvgIpc) is 2.47. The number of benzene rings is 1. The van der Waals surface area contributed by atoms with Gasteiger partial charge in [-0.2, -0.15) is 0 Å². The normalized spacial score (nSPS) is 18.7. The van der Waals surface area contributed by atoms with Gasteiger partial charge in [0.15, 0.2) is 0 Å². The van der Waals surface area contributed by atoms with Crippen LogP contribution in [0.2, 0.25) is 0 Å². The van der Waals surface area contributed by atoms with Gasteiger partial charge in [0.05, 0.1) is 10.5 Å². The standard InChI is InChI=1S/C17H23BrFN3O4/c1-11-9-20(5-6-21(11)16(23)26-17(2,3)4)10-13-14(19)7-12(18)8-15(13)22(24)25/h7-8,11H,5-6,9-10H2,1-4H3/t11-/m0/s1. The Balaban J connectivity index is 2.09. The number of rotatable bonds is 3. The van der Waals surface area contributed by atoms with E-state index in [1.807, 2.05) is 11.8 Å². The topological polar surface area (TPSA) is 75.9 Å². The first kappa shape index (κ1) is 20.6. The molecule has 1 aromatic carbocycles. The number of nitro groups is 1. The molecule has 0 aliphatic carbocycles. The Morgan fingerprint density at radius 2 is 2.08 bits per heavy atom. The second-order valence-electron chi connectivity index (χ2n) is 7.40.